The normalized spacial score (nSPS) is 17.7. The number of aromatic amines is 1. The second-order valence-electron chi connectivity index (χ2n) is 8.33. The number of ether oxygens (including phenoxy) is 1. The molecule has 6 nitrogen and oxygen atoms in total. The van der Waals surface area contributed by atoms with Gasteiger partial charge in [0.1, 0.15) is 11.9 Å². The number of alkyl halides is 5. The van der Waals surface area contributed by atoms with Gasteiger partial charge in [-0.2, -0.15) is 13.2 Å². The summed E-state index contributed by atoms with van der Waals surface area (Å²) in [7, 11) is 1.03. The number of rotatable bonds is 6. The molecule has 11 heteroatoms. The predicted molar refractivity (Wildman–Crippen MR) is 114 cm³/mol. The third-order valence-electron chi connectivity index (χ3n) is 5.10. The number of nitrogens with zero attached hydrogens (tertiary/aromatic N) is 1. The number of carbonyl (C=O) groups is 1. The number of nitrogens with two attached hydrogens (primary N) is 1. The van der Waals surface area contributed by atoms with Crippen molar-refractivity contribution in [3.05, 3.63) is 29.6 Å². The molecule has 0 bridgehead atoms. The molecule has 2 aliphatic carbocycles. The Morgan fingerprint density at radius 2 is 1.94 bits per heavy atom. The van der Waals surface area contributed by atoms with E-state index in [0.717, 1.165) is 30.6 Å². The van der Waals surface area contributed by atoms with Crippen LogP contribution in [0.15, 0.2) is 18.2 Å². The predicted octanol–water partition coefficient (Wildman–Crippen LogP) is 4.83. The Bertz CT molecular complexity index is 888. The summed E-state index contributed by atoms with van der Waals surface area (Å²) in [6.45, 7) is 1.67. The molecule has 0 aliphatic heterocycles. The van der Waals surface area contributed by atoms with Crippen LogP contribution in [0.5, 0.6) is 0 Å². The van der Waals surface area contributed by atoms with E-state index < -0.39 is 18.2 Å². The second kappa shape index (κ2) is 11.7. The maximum atomic E-state index is 12.7. The van der Waals surface area contributed by atoms with Crippen molar-refractivity contribution in [3.8, 4) is 0 Å². The van der Waals surface area contributed by atoms with Crippen LogP contribution in [0.2, 0.25) is 0 Å². The van der Waals surface area contributed by atoms with Crippen molar-refractivity contribution in [1.82, 2.24) is 15.3 Å². The van der Waals surface area contributed by atoms with Crippen molar-refractivity contribution >= 4 is 16.9 Å². The SMILES string of the molecule is C1CC1.COC(C)C(F)(F)F.NCc1nc2ccc(CNC(=O)CC3CC(F)(F)C3)cc2[nH]1. The van der Waals surface area contributed by atoms with Crippen molar-refractivity contribution in [1.29, 1.82) is 0 Å². The van der Waals surface area contributed by atoms with Crippen molar-refractivity contribution in [2.24, 2.45) is 11.7 Å². The van der Waals surface area contributed by atoms with E-state index in [4.69, 9.17) is 5.73 Å². The van der Waals surface area contributed by atoms with Gasteiger partial charge in [-0.05, 0) is 30.5 Å². The molecule has 2 saturated carbocycles. The molecule has 4 N–H and O–H groups in total. The van der Waals surface area contributed by atoms with E-state index in [1.165, 1.54) is 19.3 Å². The second-order valence-corrected chi connectivity index (χ2v) is 8.33. The minimum Gasteiger partial charge on any atom is -0.372 e. The molecule has 1 aromatic heterocycles. The number of nitrogens with one attached hydrogen (secondary N) is 2. The summed E-state index contributed by atoms with van der Waals surface area (Å²) in [5.74, 6) is -2.25. The fraction of sp³-hybridized carbons (Fsp3) is 0.636. The lowest BCUT2D eigenvalue weighted by Gasteiger charge is -2.34. The quantitative estimate of drug-likeness (QED) is 0.519. The minimum atomic E-state index is -4.21. The molecule has 2 fully saturated rings. The number of methoxy groups -OCH3 is 1. The highest BCUT2D eigenvalue weighted by molar-refractivity contribution is 5.77. The summed E-state index contributed by atoms with van der Waals surface area (Å²) in [4.78, 5) is 19.2. The van der Waals surface area contributed by atoms with Gasteiger partial charge in [0.25, 0.3) is 0 Å². The van der Waals surface area contributed by atoms with Gasteiger partial charge >= 0.3 is 6.18 Å². The number of H-pyrrole nitrogens is 1. The number of hydrogen-bond donors (Lipinski definition) is 3. The van der Waals surface area contributed by atoms with E-state index in [0.29, 0.717) is 18.9 Å². The Balaban J connectivity index is 0.000000290. The first-order chi connectivity index (χ1) is 15.4. The number of imidazole rings is 1. The highest BCUT2D eigenvalue weighted by atomic mass is 19.4. The smallest absolute Gasteiger partial charge is 0.372 e. The molecule has 0 spiro atoms. The monoisotopic (exact) mass is 478 g/mol. The topological polar surface area (TPSA) is 93.0 Å². The molecule has 2 aromatic rings. The zero-order valence-electron chi connectivity index (χ0n) is 18.8. The van der Waals surface area contributed by atoms with Crippen LogP contribution < -0.4 is 11.1 Å². The largest absolute Gasteiger partial charge is 0.414 e. The number of fused-ring (bicyclic) bond motifs is 1. The highest BCUT2D eigenvalue weighted by Crippen LogP contribution is 2.43. The Hall–Kier alpha value is -2.27. The Labute approximate surface area is 189 Å². The minimum absolute atomic E-state index is 0.166. The number of amides is 1. The molecule has 0 saturated heterocycles. The molecular weight excluding hydrogens is 447 g/mol. The third kappa shape index (κ3) is 9.63. The fourth-order valence-corrected chi connectivity index (χ4v) is 2.91. The van der Waals surface area contributed by atoms with Crippen LogP contribution in [-0.4, -0.2) is 41.2 Å². The lowest BCUT2D eigenvalue weighted by molar-refractivity contribution is -0.206. The zero-order valence-corrected chi connectivity index (χ0v) is 18.8. The summed E-state index contributed by atoms with van der Waals surface area (Å²) >= 11 is 0. The average Bonchev–Trinajstić information content (AvgIpc) is 3.55. The summed E-state index contributed by atoms with van der Waals surface area (Å²) < 4.78 is 63.4. The number of aromatic nitrogens is 2. The van der Waals surface area contributed by atoms with Crippen LogP contribution in [0.4, 0.5) is 22.0 Å². The highest BCUT2D eigenvalue weighted by Gasteiger charge is 2.45. The van der Waals surface area contributed by atoms with Gasteiger partial charge < -0.3 is 20.8 Å². The Morgan fingerprint density at radius 3 is 2.39 bits per heavy atom. The number of hydrogen-bond acceptors (Lipinski definition) is 4. The van der Waals surface area contributed by atoms with Crippen molar-refractivity contribution in [2.75, 3.05) is 7.11 Å². The first-order valence-electron chi connectivity index (χ1n) is 10.8. The van der Waals surface area contributed by atoms with Crippen LogP contribution in [0.1, 0.15) is 56.8 Å². The van der Waals surface area contributed by atoms with Crippen LogP contribution in [0.25, 0.3) is 11.0 Å². The molecule has 33 heavy (non-hydrogen) atoms. The van der Waals surface area contributed by atoms with Gasteiger partial charge in [0.2, 0.25) is 11.8 Å². The third-order valence-corrected chi connectivity index (χ3v) is 5.10. The molecule has 2 aliphatic rings. The number of carbonyl (C=O) groups excluding carboxylic acids is 1. The summed E-state index contributed by atoms with van der Waals surface area (Å²) in [6.07, 6.45) is -1.55. The van der Waals surface area contributed by atoms with E-state index in [9.17, 15) is 26.7 Å². The standard InChI is InChI=1S/C15H18F2N4O.C4H7F3O.C3H6/c16-15(17)5-10(6-15)4-14(22)19-8-9-1-2-11-12(3-9)21-13(7-18)20-11;1-3(8-2)4(5,6)7;1-2-3-1/h1-3,10H,4-8,18H2,(H,19,22)(H,20,21);3H,1-2H3;1-3H2. The number of halogens is 5. The van der Waals surface area contributed by atoms with Gasteiger partial charge in [0.15, 0.2) is 0 Å². The van der Waals surface area contributed by atoms with Crippen LogP contribution in [0.3, 0.4) is 0 Å². The maximum absolute atomic E-state index is 12.7. The van der Waals surface area contributed by atoms with Crippen molar-refractivity contribution in [2.45, 2.75) is 76.7 Å². The molecule has 1 heterocycles. The summed E-state index contributed by atoms with van der Waals surface area (Å²) in [5.41, 5.74) is 8.15. The van der Waals surface area contributed by atoms with Gasteiger partial charge in [0.05, 0.1) is 17.6 Å². The Kier molecular flexibility index (Phi) is 9.59. The van der Waals surface area contributed by atoms with Gasteiger partial charge in [-0.1, -0.05) is 25.3 Å². The molecule has 1 aromatic carbocycles. The number of benzene rings is 1. The van der Waals surface area contributed by atoms with Crippen LogP contribution in [0, 0.1) is 5.92 Å². The molecular formula is C22H31F5N4O2. The molecule has 1 atom stereocenters. The summed E-state index contributed by atoms with van der Waals surface area (Å²) in [6, 6.07) is 5.64. The average molecular weight is 479 g/mol. The van der Waals surface area contributed by atoms with E-state index >= 15 is 0 Å². The fourth-order valence-electron chi connectivity index (χ4n) is 2.91. The van der Waals surface area contributed by atoms with E-state index in [2.05, 4.69) is 20.0 Å². The molecule has 4 rings (SSSR count). The molecule has 0 radical (unpaired) electrons. The molecule has 1 amide bonds. The Morgan fingerprint density at radius 1 is 1.30 bits per heavy atom. The van der Waals surface area contributed by atoms with Crippen molar-refractivity contribution < 1.29 is 31.5 Å². The zero-order chi connectivity index (χ0) is 24.6. The molecule has 1 unspecified atom stereocenters. The van der Waals surface area contributed by atoms with Crippen LogP contribution in [-0.2, 0) is 22.6 Å². The lowest BCUT2D eigenvalue weighted by atomic mass is 9.79. The van der Waals surface area contributed by atoms with E-state index in [-0.39, 0.29) is 31.1 Å². The van der Waals surface area contributed by atoms with Gasteiger partial charge in [0, 0.05) is 32.9 Å². The van der Waals surface area contributed by atoms with E-state index in [1.54, 1.807) is 0 Å². The van der Waals surface area contributed by atoms with Gasteiger partial charge in [-0.3, -0.25) is 4.79 Å². The van der Waals surface area contributed by atoms with Gasteiger partial charge in [-0.25, -0.2) is 13.8 Å². The first-order valence-corrected chi connectivity index (χ1v) is 10.8. The van der Waals surface area contributed by atoms with E-state index in [1.807, 2.05) is 18.2 Å². The molecule has 186 valence electrons. The maximum Gasteiger partial charge on any atom is 0.414 e. The first kappa shape index (κ1) is 27.0. The van der Waals surface area contributed by atoms with Crippen molar-refractivity contribution in [3.63, 3.8) is 0 Å². The van der Waals surface area contributed by atoms with Gasteiger partial charge in [-0.15, -0.1) is 0 Å². The lowest BCUT2D eigenvalue weighted by Crippen LogP contribution is -2.38. The van der Waals surface area contributed by atoms with Crippen LogP contribution >= 0.6 is 0 Å². The summed E-state index contributed by atoms with van der Waals surface area (Å²) in [5, 5.41) is 2.77.